The maximum atomic E-state index is 12.0. The molecule has 0 amide bonds. The van der Waals surface area contributed by atoms with Crippen LogP contribution in [0, 0.1) is 15.5 Å². The fourth-order valence-electron chi connectivity index (χ4n) is 1.21. The number of hydrogen-bond donors (Lipinski definition) is 0. The molecule has 104 valence electrons. The summed E-state index contributed by atoms with van der Waals surface area (Å²) in [5.74, 6) is -1.71. The van der Waals surface area contributed by atoms with Gasteiger partial charge in [0, 0.05) is 5.10 Å². The average molecular weight is 270 g/mol. The molecule has 0 bridgehead atoms. The molecule has 0 N–H and O–H groups in total. The summed E-state index contributed by atoms with van der Waals surface area (Å²) in [5, 5.41) is 13.9. The molecule has 0 aliphatic heterocycles. The van der Waals surface area contributed by atoms with Gasteiger partial charge in [-0.2, -0.15) is 4.68 Å². The Labute approximate surface area is 108 Å². The molecule has 0 aliphatic rings. The number of rotatable bonds is 6. The second-order valence-electron chi connectivity index (χ2n) is 4.27. The molecule has 9 nitrogen and oxygen atoms in total. The van der Waals surface area contributed by atoms with E-state index >= 15 is 0 Å². The van der Waals surface area contributed by atoms with E-state index in [1.54, 1.807) is 6.92 Å². The van der Waals surface area contributed by atoms with E-state index < -0.39 is 28.0 Å². The number of Topliss-reactive ketones (excluding diaryl/α,β-unsaturated/α-hetero) is 1. The van der Waals surface area contributed by atoms with Crippen LogP contribution in [0.4, 0.5) is 5.95 Å². The maximum absolute atomic E-state index is 12.0. The van der Waals surface area contributed by atoms with Gasteiger partial charge in [0.25, 0.3) is 0 Å². The maximum Gasteiger partial charge on any atom is 0.490 e. The van der Waals surface area contributed by atoms with Gasteiger partial charge < -0.3 is 14.9 Å². The van der Waals surface area contributed by atoms with Crippen molar-refractivity contribution in [3.63, 3.8) is 0 Å². The number of ether oxygens (including phenoxy) is 1. The van der Waals surface area contributed by atoms with E-state index in [1.165, 1.54) is 13.8 Å². The first-order valence-corrected chi connectivity index (χ1v) is 5.53. The van der Waals surface area contributed by atoms with Crippen molar-refractivity contribution < 1.29 is 19.2 Å². The lowest BCUT2D eigenvalue weighted by molar-refractivity contribution is -0.394. The van der Waals surface area contributed by atoms with Gasteiger partial charge in [0.2, 0.25) is 6.33 Å². The SMILES string of the molecule is CCOC(=O)C(C)(C)C(=O)Cn1cnc([N+](=O)[O-])n1. The third-order valence-electron chi connectivity index (χ3n) is 2.48. The molecule has 19 heavy (non-hydrogen) atoms. The molecule has 1 rings (SSSR count). The zero-order chi connectivity index (χ0) is 14.6. The molecule has 1 aromatic heterocycles. The van der Waals surface area contributed by atoms with Crippen LogP contribution in [0.3, 0.4) is 0 Å². The number of esters is 1. The highest BCUT2D eigenvalue weighted by Crippen LogP contribution is 2.20. The highest BCUT2D eigenvalue weighted by molar-refractivity contribution is 6.02. The summed E-state index contributed by atoms with van der Waals surface area (Å²) in [7, 11) is 0. The Hall–Kier alpha value is -2.32. The molecule has 0 unspecified atom stereocenters. The predicted octanol–water partition coefficient (Wildman–Crippen LogP) is 0.345. The number of hydrogen-bond acceptors (Lipinski definition) is 7. The topological polar surface area (TPSA) is 117 Å². The Kier molecular flexibility index (Phi) is 4.30. The summed E-state index contributed by atoms with van der Waals surface area (Å²) in [6.07, 6.45) is 1.07. The quantitative estimate of drug-likeness (QED) is 0.316. The second-order valence-corrected chi connectivity index (χ2v) is 4.27. The van der Waals surface area contributed by atoms with Gasteiger partial charge in [0.05, 0.1) is 6.61 Å². The summed E-state index contributed by atoms with van der Waals surface area (Å²) >= 11 is 0. The van der Waals surface area contributed by atoms with E-state index in [0.29, 0.717) is 0 Å². The number of nitrogens with zero attached hydrogens (tertiary/aromatic N) is 4. The highest BCUT2D eigenvalue weighted by Gasteiger charge is 2.38. The molecule has 0 saturated heterocycles. The summed E-state index contributed by atoms with van der Waals surface area (Å²) in [4.78, 5) is 36.6. The van der Waals surface area contributed by atoms with Gasteiger partial charge in [-0.05, 0) is 25.7 Å². The molecule has 0 aromatic carbocycles. The van der Waals surface area contributed by atoms with Crippen LogP contribution in [-0.4, -0.2) is 38.0 Å². The van der Waals surface area contributed by atoms with Crippen molar-refractivity contribution in [1.29, 1.82) is 0 Å². The van der Waals surface area contributed by atoms with Gasteiger partial charge in [-0.1, -0.05) is 4.98 Å². The lowest BCUT2D eigenvalue weighted by Crippen LogP contribution is -2.37. The predicted molar refractivity (Wildman–Crippen MR) is 62.1 cm³/mol. The Morgan fingerprint density at radius 2 is 2.16 bits per heavy atom. The van der Waals surface area contributed by atoms with E-state index in [1.807, 2.05) is 0 Å². The molecule has 9 heteroatoms. The van der Waals surface area contributed by atoms with E-state index in [2.05, 4.69) is 10.1 Å². The zero-order valence-corrected chi connectivity index (χ0v) is 10.8. The fraction of sp³-hybridized carbons (Fsp3) is 0.600. The number of nitro groups is 1. The summed E-state index contributed by atoms with van der Waals surface area (Å²) < 4.78 is 5.81. The van der Waals surface area contributed by atoms with Gasteiger partial charge in [-0.3, -0.25) is 9.59 Å². The van der Waals surface area contributed by atoms with Crippen LogP contribution in [0.25, 0.3) is 0 Å². The minimum Gasteiger partial charge on any atom is -0.465 e. The van der Waals surface area contributed by atoms with Crippen molar-refractivity contribution in [3.05, 3.63) is 16.4 Å². The molecule has 0 radical (unpaired) electrons. The lowest BCUT2D eigenvalue weighted by Gasteiger charge is -2.19. The molecule has 0 fully saturated rings. The Morgan fingerprint density at radius 3 is 2.63 bits per heavy atom. The Balaban J connectivity index is 2.78. The monoisotopic (exact) mass is 270 g/mol. The van der Waals surface area contributed by atoms with E-state index in [4.69, 9.17) is 4.74 Å². The van der Waals surface area contributed by atoms with Gasteiger partial charge in [0.15, 0.2) is 5.78 Å². The van der Waals surface area contributed by atoms with Gasteiger partial charge >= 0.3 is 11.9 Å². The van der Waals surface area contributed by atoms with Gasteiger partial charge in [0.1, 0.15) is 12.0 Å². The van der Waals surface area contributed by atoms with Crippen molar-refractivity contribution in [3.8, 4) is 0 Å². The van der Waals surface area contributed by atoms with Crippen LogP contribution < -0.4 is 0 Å². The van der Waals surface area contributed by atoms with Crippen LogP contribution in [-0.2, 0) is 20.9 Å². The van der Waals surface area contributed by atoms with E-state index in [0.717, 1.165) is 11.0 Å². The number of carbonyl (C=O) groups excluding carboxylic acids is 2. The molecule has 1 heterocycles. The molecular weight excluding hydrogens is 256 g/mol. The van der Waals surface area contributed by atoms with Crippen LogP contribution in [0.2, 0.25) is 0 Å². The summed E-state index contributed by atoms with van der Waals surface area (Å²) in [5.41, 5.74) is -1.34. The normalized spacial score (nSPS) is 11.1. The lowest BCUT2D eigenvalue weighted by atomic mass is 9.88. The third-order valence-corrected chi connectivity index (χ3v) is 2.48. The molecule has 0 spiro atoms. The van der Waals surface area contributed by atoms with Crippen LogP contribution in [0.15, 0.2) is 6.33 Å². The molecule has 0 aliphatic carbocycles. The van der Waals surface area contributed by atoms with Crippen molar-refractivity contribution in [2.45, 2.75) is 27.3 Å². The standard InChI is InChI=1S/C10H14N4O5/c1-4-19-8(16)10(2,3)7(15)5-13-6-11-9(12-13)14(17)18/h6H,4-5H2,1-3H3. The van der Waals surface area contributed by atoms with Gasteiger partial charge in [-0.15, -0.1) is 0 Å². The largest absolute Gasteiger partial charge is 0.490 e. The highest BCUT2D eigenvalue weighted by atomic mass is 16.6. The first-order chi connectivity index (χ1) is 8.78. The molecule has 0 atom stereocenters. The summed E-state index contributed by atoms with van der Waals surface area (Å²) in [6, 6.07) is 0. The van der Waals surface area contributed by atoms with Gasteiger partial charge in [-0.25, -0.2) is 0 Å². The smallest absolute Gasteiger partial charge is 0.465 e. The Morgan fingerprint density at radius 1 is 1.53 bits per heavy atom. The van der Waals surface area contributed by atoms with Crippen molar-refractivity contribution in [2.24, 2.45) is 5.41 Å². The Bertz CT molecular complexity index is 508. The molecular formula is C10H14N4O5. The van der Waals surface area contributed by atoms with Crippen molar-refractivity contribution >= 4 is 17.7 Å². The van der Waals surface area contributed by atoms with E-state index in [-0.39, 0.29) is 13.2 Å². The van der Waals surface area contributed by atoms with Crippen LogP contribution in [0.5, 0.6) is 0 Å². The first-order valence-electron chi connectivity index (χ1n) is 5.53. The average Bonchev–Trinajstić information content (AvgIpc) is 2.77. The number of carbonyl (C=O) groups is 2. The van der Waals surface area contributed by atoms with Crippen LogP contribution >= 0.6 is 0 Å². The summed E-state index contributed by atoms with van der Waals surface area (Å²) in [6.45, 7) is 4.38. The minimum absolute atomic E-state index is 0.171. The van der Waals surface area contributed by atoms with Crippen molar-refractivity contribution in [1.82, 2.24) is 14.8 Å². The zero-order valence-electron chi connectivity index (χ0n) is 10.8. The second kappa shape index (κ2) is 5.55. The van der Waals surface area contributed by atoms with E-state index in [9.17, 15) is 19.7 Å². The first kappa shape index (κ1) is 14.7. The molecule has 0 saturated carbocycles. The molecule has 1 aromatic rings. The fourth-order valence-corrected chi connectivity index (χ4v) is 1.21. The van der Waals surface area contributed by atoms with Crippen molar-refractivity contribution in [2.75, 3.05) is 6.61 Å². The minimum atomic E-state index is -1.34. The number of ketones is 1. The number of aromatic nitrogens is 3. The third kappa shape index (κ3) is 3.33. The van der Waals surface area contributed by atoms with Crippen LogP contribution in [0.1, 0.15) is 20.8 Å².